The molecular formula is C12H20N2O. The number of hydrogen-bond donors (Lipinski definition) is 1. The van der Waals surface area contributed by atoms with Crippen LogP contribution in [0.2, 0.25) is 0 Å². The molecule has 1 atom stereocenters. The second kappa shape index (κ2) is 5.33. The fourth-order valence-corrected chi connectivity index (χ4v) is 2.28. The van der Waals surface area contributed by atoms with Gasteiger partial charge in [0.05, 0.1) is 12.5 Å². The summed E-state index contributed by atoms with van der Waals surface area (Å²) in [6, 6.07) is 2.04. The number of rotatable bonds is 4. The molecule has 1 saturated heterocycles. The molecule has 0 spiro atoms. The molecule has 3 heteroatoms. The van der Waals surface area contributed by atoms with Gasteiger partial charge in [-0.2, -0.15) is 0 Å². The van der Waals surface area contributed by atoms with Crippen molar-refractivity contribution < 1.29 is 4.42 Å². The van der Waals surface area contributed by atoms with Crippen LogP contribution in [0, 0.1) is 5.92 Å². The zero-order valence-corrected chi connectivity index (χ0v) is 9.41. The largest absolute Gasteiger partial charge is 0.472 e. The summed E-state index contributed by atoms with van der Waals surface area (Å²) in [6.07, 6.45) is 6.26. The van der Waals surface area contributed by atoms with Gasteiger partial charge in [-0.05, 0) is 45.0 Å². The number of nitrogens with one attached hydrogen (secondary N) is 1. The fourth-order valence-electron chi connectivity index (χ4n) is 2.28. The van der Waals surface area contributed by atoms with Crippen LogP contribution in [0.1, 0.15) is 18.4 Å². The third kappa shape index (κ3) is 3.36. The minimum atomic E-state index is 0.815. The van der Waals surface area contributed by atoms with E-state index in [9.17, 15) is 0 Å². The molecule has 1 aliphatic heterocycles. The lowest BCUT2D eigenvalue weighted by Crippen LogP contribution is -2.36. The molecule has 0 aliphatic carbocycles. The second-order valence-corrected chi connectivity index (χ2v) is 4.54. The molecule has 15 heavy (non-hydrogen) atoms. The van der Waals surface area contributed by atoms with Crippen LogP contribution in [0.4, 0.5) is 0 Å². The minimum Gasteiger partial charge on any atom is -0.472 e. The first-order valence-electron chi connectivity index (χ1n) is 5.75. The van der Waals surface area contributed by atoms with E-state index >= 15 is 0 Å². The Hall–Kier alpha value is -0.800. The predicted molar refractivity (Wildman–Crippen MR) is 60.6 cm³/mol. The number of furan rings is 1. The van der Waals surface area contributed by atoms with Crippen molar-refractivity contribution in [2.45, 2.75) is 19.4 Å². The van der Waals surface area contributed by atoms with Gasteiger partial charge in [0, 0.05) is 18.7 Å². The van der Waals surface area contributed by atoms with Crippen molar-refractivity contribution in [2.75, 3.05) is 26.7 Å². The molecule has 1 unspecified atom stereocenters. The normalized spacial score (nSPS) is 22.1. The van der Waals surface area contributed by atoms with Crippen molar-refractivity contribution in [1.29, 1.82) is 0 Å². The molecule has 2 rings (SSSR count). The SMILES string of the molecule is CN(Cc1ccoc1)CC1CCCNC1. The first-order valence-corrected chi connectivity index (χ1v) is 5.75. The Kier molecular flexibility index (Phi) is 3.80. The molecule has 0 saturated carbocycles. The Morgan fingerprint density at radius 3 is 3.20 bits per heavy atom. The summed E-state index contributed by atoms with van der Waals surface area (Å²) in [5, 5.41) is 3.45. The van der Waals surface area contributed by atoms with Gasteiger partial charge >= 0.3 is 0 Å². The van der Waals surface area contributed by atoms with Gasteiger partial charge < -0.3 is 14.6 Å². The smallest absolute Gasteiger partial charge is 0.0947 e. The lowest BCUT2D eigenvalue weighted by Gasteiger charge is -2.27. The molecule has 0 bridgehead atoms. The van der Waals surface area contributed by atoms with Gasteiger partial charge in [0.2, 0.25) is 0 Å². The Balaban J connectivity index is 1.74. The van der Waals surface area contributed by atoms with Crippen molar-refractivity contribution >= 4 is 0 Å². The average Bonchev–Trinajstić information content (AvgIpc) is 2.71. The summed E-state index contributed by atoms with van der Waals surface area (Å²) in [6.45, 7) is 4.54. The summed E-state index contributed by atoms with van der Waals surface area (Å²) in [7, 11) is 2.18. The highest BCUT2D eigenvalue weighted by Crippen LogP contribution is 2.12. The zero-order valence-electron chi connectivity index (χ0n) is 9.41. The maximum atomic E-state index is 5.07. The summed E-state index contributed by atoms with van der Waals surface area (Å²) >= 11 is 0. The molecular weight excluding hydrogens is 188 g/mol. The monoisotopic (exact) mass is 208 g/mol. The van der Waals surface area contributed by atoms with E-state index in [1.165, 1.54) is 38.0 Å². The van der Waals surface area contributed by atoms with Gasteiger partial charge in [0.25, 0.3) is 0 Å². The maximum Gasteiger partial charge on any atom is 0.0947 e. The molecule has 1 fully saturated rings. The van der Waals surface area contributed by atoms with E-state index in [4.69, 9.17) is 4.42 Å². The van der Waals surface area contributed by atoms with Crippen LogP contribution in [0.3, 0.4) is 0 Å². The van der Waals surface area contributed by atoms with E-state index in [1.54, 1.807) is 6.26 Å². The van der Waals surface area contributed by atoms with Crippen molar-refractivity contribution in [2.24, 2.45) is 5.92 Å². The topological polar surface area (TPSA) is 28.4 Å². The van der Waals surface area contributed by atoms with E-state index in [2.05, 4.69) is 17.3 Å². The summed E-state index contributed by atoms with van der Waals surface area (Å²) in [5.74, 6) is 0.815. The lowest BCUT2D eigenvalue weighted by atomic mass is 9.99. The first kappa shape index (κ1) is 10.7. The van der Waals surface area contributed by atoms with Gasteiger partial charge in [-0.25, -0.2) is 0 Å². The first-order chi connectivity index (χ1) is 7.34. The summed E-state index contributed by atoms with van der Waals surface area (Å²) in [4.78, 5) is 2.38. The molecule has 1 aliphatic rings. The van der Waals surface area contributed by atoms with Crippen LogP contribution >= 0.6 is 0 Å². The summed E-state index contributed by atoms with van der Waals surface area (Å²) < 4.78 is 5.07. The Labute approximate surface area is 91.4 Å². The van der Waals surface area contributed by atoms with Crippen molar-refractivity contribution in [1.82, 2.24) is 10.2 Å². The van der Waals surface area contributed by atoms with Crippen molar-refractivity contribution in [3.8, 4) is 0 Å². The third-order valence-electron chi connectivity index (χ3n) is 3.00. The Morgan fingerprint density at radius 2 is 2.53 bits per heavy atom. The molecule has 0 radical (unpaired) electrons. The Bertz CT molecular complexity index is 265. The van der Waals surface area contributed by atoms with E-state index in [1.807, 2.05) is 12.3 Å². The molecule has 0 amide bonds. The van der Waals surface area contributed by atoms with Crippen LogP contribution in [0.5, 0.6) is 0 Å². The van der Waals surface area contributed by atoms with E-state index in [-0.39, 0.29) is 0 Å². The highest BCUT2D eigenvalue weighted by Gasteiger charge is 2.14. The molecule has 0 aromatic carbocycles. The highest BCUT2D eigenvalue weighted by atomic mass is 16.3. The number of piperidine rings is 1. The van der Waals surface area contributed by atoms with Crippen molar-refractivity contribution in [3.05, 3.63) is 24.2 Å². The number of nitrogens with zero attached hydrogens (tertiary/aromatic N) is 1. The lowest BCUT2D eigenvalue weighted by molar-refractivity contribution is 0.237. The zero-order chi connectivity index (χ0) is 10.5. The van der Waals surface area contributed by atoms with Crippen LogP contribution in [0.25, 0.3) is 0 Å². The highest BCUT2D eigenvalue weighted by molar-refractivity contribution is 5.04. The minimum absolute atomic E-state index is 0.815. The van der Waals surface area contributed by atoms with E-state index < -0.39 is 0 Å². The Morgan fingerprint density at radius 1 is 1.60 bits per heavy atom. The van der Waals surface area contributed by atoms with Crippen LogP contribution in [-0.4, -0.2) is 31.6 Å². The van der Waals surface area contributed by atoms with Gasteiger partial charge in [0.1, 0.15) is 0 Å². The predicted octanol–water partition coefficient (Wildman–Crippen LogP) is 1.71. The van der Waals surface area contributed by atoms with Crippen molar-refractivity contribution in [3.63, 3.8) is 0 Å². The average molecular weight is 208 g/mol. The van der Waals surface area contributed by atoms with Gasteiger partial charge in [-0.1, -0.05) is 0 Å². The molecule has 3 nitrogen and oxygen atoms in total. The third-order valence-corrected chi connectivity index (χ3v) is 3.00. The van der Waals surface area contributed by atoms with Gasteiger partial charge in [0.15, 0.2) is 0 Å². The number of hydrogen-bond acceptors (Lipinski definition) is 3. The van der Waals surface area contributed by atoms with Crippen LogP contribution in [-0.2, 0) is 6.54 Å². The van der Waals surface area contributed by atoms with Gasteiger partial charge in [-0.15, -0.1) is 0 Å². The fraction of sp³-hybridized carbons (Fsp3) is 0.667. The summed E-state index contributed by atoms with van der Waals surface area (Å²) in [5.41, 5.74) is 1.27. The molecule has 84 valence electrons. The van der Waals surface area contributed by atoms with E-state index in [0.29, 0.717) is 0 Å². The molecule has 1 aromatic heterocycles. The molecule has 2 heterocycles. The second-order valence-electron chi connectivity index (χ2n) is 4.54. The molecule has 1 aromatic rings. The van der Waals surface area contributed by atoms with E-state index in [0.717, 1.165) is 12.5 Å². The standard InChI is InChI=1S/C12H20N2O/c1-14(9-12-4-6-15-10-12)8-11-3-2-5-13-7-11/h4,6,10-11,13H,2-3,5,7-9H2,1H3. The van der Waals surface area contributed by atoms with Gasteiger partial charge in [-0.3, -0.25) is 0 Å². The molecule has 1 N–H and O–H groups in total. The van der Waals surface area contributed by atoms with Crippen LogP contribution < -0.4 is 5.32 Å². The van der Waals surface area contributed by atoms with Crippen LogP contribution in [0.15, 0.2) is 23.0 Å². The maximum absolute atomic E-state index is 5.07. The quantitative estimate of drug-likeness (QED) is 0.816.